The molecule has 0 aliphatic rings. The fraction of sp³-hybridized carbons (Fsp3) is 0.0625. The van der Waals surface area contributed by atoms with Crippen molar-refractivity contribution in [3.63, 3.8) is 0 Å². The third-order valence-corrected chi connectivity index (χ3v) is 3.30. The SMILES string of the molecule is CC(=O)N(O)c1ccc(/C=C/c2ccc(Br)cc2)cc1. The van der Waals surface area contributed by atoms with Crippen LogP contribution in [0.2, 0.25) is 0 Å². The number of halogens is 1. The molecule has 1 N–H and O–H groups in total. The van der Waals surface area contributed by atoms with Crippen LogP contribution in [0.15, 0.2) is 53.0 Å². The van der Waals surface area contributed by atoms with E-state index in [2.05, 4.69) is 15.9 Å². The van der Waals surface area contributed by atoms with Gasteiger partial charge in [0.15, 0.2) is 0 Å². The van der Waals surface area contributed by atoms with Crippen molar-refractivity contribution in [2.24, 2.45) is 0 Å². The molecule has 3 nitrogen and oxygen atoms in total. The van der Waals surface area contributed by atoms with Crippen LogP contribution in [0.5, 0.6) is 0 Å². The van der Waals surface area contributed by atoms with Gasteiger partial charge in [-0.3, -0.25) is 10.0 Å². The Bertz CT molecular complexity index is 618. The fourth-order valence-corrected chi connectivity index (χ4v) is 1.94. The predicted octanol–water partition coefficient (Wildman–Crippen LogP) is 4.36. The Morgan fingerprint density at radius 3 is 1.90 bits per heavy atom. The average Bonchev–Trinajstić information content (AvgIpc) is 2.46. The molecular weight excluding hydrogens is 318 g/mol. The summed E-state index contributed by atoms with van der Waals surface area (Å²) in [6.07, 6.45) is 3.98. The summed E-state index contributed by atoms with van der Waals surface area (Å²) in [6.45, 7) is 1.31. The lowest BCUT2D eigenvalue weighted by Crippen LogP contribution is -2.23. The van der Waals surface area contributed by atoms with Crippen LogP contribution in [0.25, 0.3) is 12.2 Å². The van der Waals surface area contributed by atoms with Crippen molar-refractivity contribution in [1.29, 1.82) is 0 Å². The lowest BCUT2D eigenvalue weighted by Gasteiger charge is -2.12. The zero-order chi connectivity index (χ0) is 14.5. The lowest BCUT2D eigenvalue weighted by molar-refractivity contribution is -0.121. The van der Waals surface area contributed by atoms with E-state index in [-0.39, 0.29) is 0 Å². The van der Waals surface area contributed by atoms with Crippen LogP contribution in [0, 0.1) is 0 Å². The highest BCUT2D eigenvalue weighted by molar-refractivity contribution is 9.10. The molecule has 0 spiro atoms. The maximum absolute atomic E-state index is 11.0. The van der Waals surface area contributed by atoms with Crippen molar-refractivity contribution in [3.8, 4) is 0 Å². The molecule has 20 heavy (non-hydrogen) atoms. The highest BCUT2D eigenvalue weighted by Gasteiger charge is 2.06. The minimum atomic E-state index is -0.414. The lowest BCUT2D eigenvalue weighted by atomic mass is 10.1. The van der Waals surface area contributed by atoms with E-state index in [1.165, 1.54) is 6.92 Å². The molecule has 0 aliphatic carbocycles. The third kappa shape index (κ3) is 3.79. The molecule has 0 radical (unpaired) electrons. The Morgan fingerprint density at radius 1 is 1.00 bits per heavy atom. The maximum atomic E-state index is 11.0. The van der Waals surface area contributed by atoms with E-state index < -0.39 is 5.91 Å². The zero-order valence-electron chi connectivity index (χ0n) is 11.0. The van der Waals surface area contributed by atoms with Gasteiger partial charge >= 0.3 is 0 Å². The predicted molar refractivity (Wildman–Crippen MR) is 84.5 cm³/mol. The van der Waals surface area contributed by atoms with Gasteiger partial charge in [-0.15, -0.1) is 0 Å². The van der Waals surface area contributed by atoms with Gasteiger partial charge in [0.2, 0.25) is 5.91 Å². The molecule has 0 fully saturated rings. The zero-order valence-corrected chi connectivity index (χ0v) is 12.5. The van der Waals surface area contributed by atoms with Gasteiger partial charge in [0.1, 0.15) is 0 Å². The molecule has 2 rings (SSSR count). The van der Waals surface area contributed by atoms with E-state index in [1.807, 2.05) is 48.6 Å². The molecular formula is C16H14BrNO2. The number of anilines is 1. The molecule has 102 valence electrons. The van der Waals surface area contributed by atoms with E-state index in [4.69, 9.17) is 0 Å². The number of hydrogen-bond donors (Lipinski definition) is 1. The summed E-state index contributed by atoms with van der Waals surface area (Å²) in [4.78, 5) is 11.0. The van der Waals surface area contributed by atoms with Gasteiger partial charge in [-0.25, -0.2) is 0 Å². The Labute approximate surface area is 126 Å². The summed E-state index contributed by atoms with van der Waals surface area (Å²) >= 11 is 3.39. The van der Waals surface area contributed by atoms with Crippen LogP contribution in [0.1, 0.15) is 18.1 Å². The van der Waals surface area contributed by atoms with Crippen LogP contribution < -0.4 is 5.06 Å². The van der Waals surface area contributed by atoms with Crippen molar-refractivity contribution >= 4 is 39.7 Å². The van der Waals surface area contributed by atoms with E-state index in [1.54, 1.807) is 12.1 Å². The number of amides is 1. The maximum Gasteiger partial charge on any atom is 0.247 e. The van der Waals surface area contributed by atoms with E-state index in [9.17, 15) is 10.0 Å². The first-order valence-corrected chi connectivity index (χ1v) is 6.89. The summed E-state index contributed by atoms with van der Waals surface area (Å²) in [5.41, 5.74) is 2.55. The van der Waals surface area contributed by atoms with Gasteiger partial charge in [-0.05, 0) is 35.4 Å². The van der Waals surface area contributed by atoms with Crippen molar-refractivity contribution in [3.05, 3.63) is 64.1 Å². The van der Waals surface area contributed by atoms with Gasteiger partial charge < -0.3 is 0 Å². The Hall–Kier alpha value is -1.91. The molecule has 1 amide bonds. The number of carbonyl (C=O) groups excluding carboxylic acids is 1. The highest BCUT2D eigenvalue weighted by Crippen LogP contribution is 2.16. The Kier molecular flexibility index (Phi) is 4.71. The topological polar surface area (TPSA) is 40.5 Å². The molecule has 0 bridgehead atoms. The molecule has 0 saturated heterocycles. The first kappa shape index (κ1) is 14.5. The largest absolute Gasteiger partial charge is 0.281 e. The third-order valence-electron chi connectivity index (χ3n) is 2.77. The van der Waals surface area contributed by atoms with Crippen LogP contribution in [-0.2, 0) is 4.79 Å². The smallest absolute Gasteiger partial charge is 0.247 e. The first-order chi connectivity index (χ1) is 9.56. The molecule has 0 saturated carbocycles. The van der Waals surface area contributed by atoms with Crippen molar-refractivity contribution in [2.45, 2.75) is 6.92 Å². The van der Waals surface area contributed by atoms with Crippen LogP contribution in [0.4, 0.5) is 5.69 Å². The van der Waals surface area contributed by atoms with Gasteiger partial charge in [0.25, 0.3) is 0 Å². The van der Waals surface area contributed by atoms with Gasteiger partial charge in [-0.2, -0.15) is 5.06 Å². The quantitative estimate of drug-likeness (QED) is 0.515. The number of hydroxylamine groups is 1. The van der Waals surface area contributed by atoms with Gasteiger partial charge in [0.05, 0.1) is 5.69 Å². The first-order valence-electron chi connectivity index (χ1n) is 6.09. The summed E-state index contributed by atoms with van der Waals surface area (Å²) in [7, 11) is 0. The number of carbonyl (C=O) groups is 1. The normalized spacial score (nSPS) is 10.8. The monoisotopic (exact) mass is 331 g/mol. The fourth-order valence-electron chi connectivity index (χ4n) is 1.67. The average molecular weight is 332 g/mol. The number of benzene rings is 2. The second-order valence-electron chi connectivity index (χ2n) is 4.31. The van der Waals surface area contributed by atoms with E-state index in [0.29, 0.717) is 10.8 Å². The minimum Gasteiger partial charge on any atom is -0.281 e. The summed E-state index contributed by atoms with van der Waals surface area (Å²) < 4.78 is 1.05. The van der Waals surface area contributed by atoms with Gasteiger partial charge in [-0.1, -0.05) is 52.3 Å². The van der Waals surface area contributed by atoms with E-state index >= 15 is 0 Å². The molecule has 0 heterocycles. The second kappa shape index (κ2) is 6.50. The van der Waals surface area contributed by atoms with E-state index in [0.717, 1.165) is 15.6 Å². The van der Waals surface area contributed by atoms with Crippen LogP contribution in [-0.4, -0.2) is 11.1 Å². The molecule has 0 aromatic heterocycles. The molecule has 0 atom stereocenters. The number of rotatable bonds is 3. The minimum absolute atomic E-state index is 0.414. The number of nitrogens with zero attached hydrogens (tertiary/aromatic N) is 1. The Morgan fingerprint density at radius 2 is 1.45 bits per heavy atom. The highest BCUT2D eigenvalue weighted by atomic mass is 79.9. The number of hydrogen-bond acceptors (Lipinski definition) is 2. The molecule has 2 aromatic rings. The summed E-state index contributed by atoms with van der Waals surface area (Å²) in [5.74, 6) is -0.414. The molecule has 4 heteroatoms. The summed E-state index contributed by atoms with van der Waals surface area (Å²) in [5, 5.41) is 10.1. The van der Waals surface area contributed by atoms with Crippen LogP contribution in [0.3, 0.4) is 0 Å². The van der Waals surface area contributed by atoms with Crippen LogP contribution >= 0.6 is 15.9 Å². The van der Waals surface area contributed by atoms with Crippen molar-refractivity contribution < 1.29 is 10.0 Å². The molecule has 0 unspecified atom stereocenters. The van der Waals surface area contributed by atoms with Gasteiger partial charge in [0, 0.05) is 11.4 Å². The standard InChI is InChI=1S/C16H14BrNO2/c1-12(19)18(20)16-10-6-14(7-11-16)3-2-13-4-8-15(17)9-5-13/h2-11,20H,1H3/b3-2+. The second-order valence-corrected chi connectivity index (χ2v) is 5.22. The summed E-state index contributed by atoms with van der Waals surface area (Å²) in [6, 6.07) is 15.1. The van der Waals surface area contributed by atoms with Crippen molar-refractivity contribution in [2.75, 3.05) is 5.06 Å². The molecule has 2 aromatic carbocycles. The van der Waals surface area contributed by atoms with Crippen molar-refractivity contribution in [1.82, 2.24) is 0 Å². The Balaban J connectivity index is 2.10. The molecule has 0 aliphatic heterocycles.